The van der Waals surface area contributed by atoms with Crippen LogP contribution in [0, 0.1) is 6.92 Å². The Kier molecular flexibility index (Phi) is 6.66. The third-order valence-electron chi connectivity index (χ3n) is 4.25. The molecule has 0 saturated heterocycles. The van der Waals surface area contributed by atoms with Gasteiger partial charge in [-0.2, -0.15) is 0 Å². The first kappa shape index (κ1) is 22.4. The maximum atomic E-state index is 12.8. The van der Waals surface area contributed by atoms with Gasteiger partial charge in [-0.05, 0) is 43.3 Å². The van der Waals surface area contributed by atoms with Crippen molar-refractivity contribution in [3.8, 4) is 17.2 Å². The van der Waals surface area contributed by atoms with Crippen molar-refractivity contribution in [2.24, 2.45) is 0 Å². The number of nitrogens with zero attached hydrogens (tertiary/aromatic N) is 1. The van der Waals surface area contributed by atoms with Crippen molar-refractivity contribution in [3.05, 3.63) is 53.0 Å². The topological polar surface area (TPSA) is 116 Å². The molecular formula is C20H21N3O6S2. The Bertz CT molecular complexity index is 1190. The fraction of sp³-hybridized carbons (Fsp3) is 0.200. The molecular weight excluding hydrogens is 442 g/mol. The Morgan fingerprint density at radius 1 is 0.968 bits per heavy atom. The smallest absolute Gasteiger partial charge is 0.267 e. The van der Waals surface area contributed by atoms with Crippen molar-refractivity contribution in [1.82, 2.24) is 4.98 Å². The van der Waals surface area contributed by atoms with Gasteiger partial charge in [-0.25, -0.2) is 13.4 Å². The number of amides is 1. The number of rotatable bonds is 8. The Hall–Kier alpha value is -3.31. The van der Waals surface area contributed by atoms with Crippen LogP contribution < -0.4 is 24.2 Å². The van der Waals surface area contributed by atoms with E-state index in [1.165, 1.54) is 33.5 Å². The molecule has 0 radical (unpaired) electrons. The minimum Gasteiger partial charge on any atom is -0.497 e. The van der Waals surface area contributed by atoms with Gasteiger partial charge in [0.2, 0.25) is 0 Å². The van der Waals surface area contributed by atoms with Crippen LogP contribution in [0.4, 0.5) is 10.8 Å². The summed E-state index contributed by atoms with van der Waals surface area (Å²) < 4.78 is 43.1. The summed E-state index contributed by atoms with van der Waals surface area (Å²) in [5, 5.41) is 2.83. The quantitative estimate of drug-likeness (QED) is 0.525. The van der Waals surface area contributed by atoms with Crippen LogP contribution in [0.5, 0.6) is 17.2 Å². The minimum atomic E-state index is -3.87. The predicted molar refractivity (Wildman–Crippen MR) is 118 cm³/mol. The van der Waals surface area contributed by atoms with E-state index in [9.17, 15) is 13.2 Å². The van der Waals surface area contributed by atoms with Crippen molar-refractivity contribution in [2.75, 3.05) is 31.4 Å². The second-order valence-corrected chi connectivity index (χ2v) is 8.92. The van der Waals surface area contributed by atoms with Gasteiger partial charge in [-0.3, -0.25) is 9.52 Å². The lowest BCUT2D eigenvalue weighted by Gasteiger charge is -2.11. The normalized spacial score (nSPS) is 11.0. The second-order valence-electron chi connectivity index (χ2n) is 6.23. The van der Waals surface area contributed by atoms with Gasteiger partial charge in [-0.15, -0.1) is 0 Å². The van der Waals surface area contributed by atoms with E-state index in [-0.39, 0.29) is 14.9 Å². The van der Waals surface area contributed by atoms with Gasteiger partial charge in [0.05, 0.1) is 37.6 Å². The summed E-state index contributed by atoms with van der Waals surface area (Å²) in [5.41, 5.74) is 0.837. The van der Waals surface area contributed by atoms with Gasteiger partial charge in [0.15, 0.2) is 5.13 Å². The molecule has 0 aliphatic rings. The standard InChI is InChI=1S/C20H21N3O6S2/c1-12-18(19(24)22-16-10-7-14(28-3)11-17(16)29-4)30-20(21-12)23-31(25,26)15-8-5-13(27-2)6-9-15/h5-11H,1-4H3,(H,21,23)(H,22,24). The van der Waals surface area contributed by atoms with Crippen LogP contribution >= 0.6 is 11.3 Å². The second kappa shape index (κ2) is 9.23. The van der Waals surface area contributed by atoms with Crippen molar-refractivity contribution in [2.45, 2.75) is 11.8 Å². The third kappa shape index (κ3) is 5.06. The number of ether oxygens (including phenoxy) is 3. The summed E-state index contributed by atoms with van der Waals surface area (Å²) in [5.74, 6) is 1.11. The third-order valence-corrected chi connectivity index (χ3v) is 6.81. The first-order valence-electron chi connectivity index (χ1n) is 8.95. The van der Waals surface area contributed by atoms with Crippen molar-refractivity contribution in [1.29, 1.82) is 0 Å². The van der Waals surface area contributed by atoms with Crippen LogP contribution in [0.3, 0.4) is 0 Å². The van der Waals surface area contributed by atoms with Gasteiger partial charge < -0.3 is 19.5 Å². The van der Waals surface area contributed by atoms with Gasteiger partial charge >= 0.3 is 0 Å². The molecule has 0 spiro atoms. The molecule has 3 rings (SSSR count). The molecule has 2 N–H and O–H groups in total. The van der Waals surface area contributed by atoms with Crippen LogP contribution in [-0.4, -0.2) is 40.6 Å². The lowest BCUT2D eigenvalue weighted by Crippen LogP contribution is -2.12. The molecule has 1 amide bonds. The number of hydrogen-bond donors (Lipinski definition) is 2. The van der Waals surface area contributed by atoms with E-state index >= 15 is 0 Å². The molecule has 0 atom stereocenters. The van der Waals surface area contributed by atoms with Crippen LogP contribution in [0.15, 0.2) is 47.4 Å². The van der Waals surface area contributed by atoms with Gasteiger partial charge in [0.25, 0.3) is 15.9 Å². The zero-order chi connectivity index (χ0) is 22.6. The molecule has 0 saturated carbocycles. The maximum Gasteiger partial charge on any atom is 0.267 e. The van der Waals surface area contributed by atoms with Crippen LogP contribution in [0.2, 0.25) is 0 Å². The molecule has 31 heavy (non-hydrogen) atoms. The molecule has 164 valence electrons. The highest BCUT2D eigenvalue weighted by Gasteiger charge is 2.21. The average Bonchev–Trinajstić information content (AvgIpc) is 3.13. The number of anilines is 2. The molecule has 3 aromatic rings. The van der Waals surface area contributed by atoms with E-state index in [1.54, 1.807) is 37.3 Å². The molecule has 0 aliphatic heterocycles. The summed E-state index contributed by atoms with van der Waals surface area (Å²) in [6, 6.07) is 10.9. The highest BCUT2D eigenvalue weighted by Crippen LogP contribution is 2.31. The van der Waals surface area contributed by atoms with Crippen molar-refractivity contribution < 1.29 is 27.4 Å². The van der Waals surface area contributed by atoms with Crippen LogP contribution in [0.25, 0.3) is 0 Å². The van der Waals surface area contributed by atoms with Gasteiger partial charge in [-0.1, -0.05) is 11.3 Å². The Balaban J connectivity index is 1.79. The van der Waals surface area contributed by atoms with Crippen LogP contribution in [-0.2, 0) is 10.0 Å². The Morgan fingerprint density at radius 2 is 1.61 bits per heavy atom. The number of thiazole rings is 1. The number of hydrogen-bond acceptors (Lipinski definition) is 8. The molecule has 9 nitrogen and oxygen atoms in total. The van der Waals surface area contributed by atoms with Crippen LogP contribution in [0.1, 0.15) is 15.4 Å². The summed E-state index contributed by atoms with van der Waals surface area (Å²) in [6.45, 7) is 1.63. The number of carbonyl (C=O) groups is 1. The SMILES string of the molecule is COc1ccc(S(=O)(=O)Nc2nc(C)c(C(=O)Nc3ccc(OC)cc3OC)s2)cc1. The fourth-order valence-electron chi connectivity index (χ4n) is 2.66. The highest BCUT2D eigenvalue weighted by molar-refractivity contribution is 7.93. The van der Waals surface area contributed by atoms with E-state index in [0.29, 0.717) is 28.6 Å². The summed E-state index contributed by atoms with van der Waals surface area (Å²) in [4.78, 5) is 17.3. The molecule has 0 fully saturated rings. The number of carbonyl (C=O) groups excluding carboxylic acids is 1. The van der Waals surface area contributed by atoms with E-state index in [4.69, 9.17) is 14.2 Å². The number of sulfonamides is 1. The van der Waals surface area contributed by atoms with Crippen molar-refractivity contribution in [3.63, 3.8) is 0 Å². The van der Waals surface area contributed by atoms with E-state index in [1.807, 2.05) is 0 Å². The first-order chi connectivity index (χ1) is 14.8. The fourth-order valence-corrected chi connectivity index (χ4v) is 4.76. The summed E-state index contributed by atoms with van der Waals surface area (Å²) >= 11 is 0.934. The van der Waals surface area contributed by atoms with Crippen molar-refractivity contribution >= 4 is 38.1 Å². The molecule has 0 unspecified atom stereocenters. The zero-order valence-corrected chi connectivity index (χ0v) is 18.9. The highest BCUT2D eigenvalue weighted by atomic mass is 32.2. The zero-order valence-electron chi connectivity index (χ0n) is 17.3. The molecule has 1 heterocycles. The summed E-state index contributed by atoms with van der Waals surface area (Å²) in [6.07, 6.45) is 0. The van der Waals surface area contributed by atoms with E-state index in [2.05, 4.69) is 15.0 Å². The Labute approximate surface area is 184 Å². The monoisotopic (exact) mass is 463 g/mol. The summed E-state index contributed by atoms with van der Waals surface area (Å²) in [7, 11) is 0.637. The molecule has 0 bridgehead atoms. The number of aryl methyl sites for hydroxylation is 1. The van der Waals surface area contributed by atoms with E-state index < -0.39 is 15.9 Å². The first-order valence-corrected chi connectivity index (χ1v) is 11.2. The maximum absolute atomic E-state index is 12.8. The molecule has 11 heteroatoms. The van der Waals surface area contributed by atoms with Gasteiger partial charge in [0.1, 0.15) is 22.1 Å². The number of aromatic nitrogens is 1. The molecule has 2 aromatic carbocycles. The lowest BCUT2D eigenvalue weighted by atomic mass is 10.2. The number of nitrogens with one attached hydrogen (secondary N) is 2. The largest absolute Gasteiger partial charge is 0.497 e. The number of benzene rings is 2. The average molecular weight is 464 g/mol. The number of methoxy groups -OCH3 is 3. The lowest BCUT2D eigenvalue weighted by molar-refractivity contribution is 0.102. The molecule has 1 aromatic heterocycles. The molecule has 0 aliphatic carbocycles. The minimum absolute atomic E-state index is 0.0510. The van der Waals surface area contributed by atoms with E-state index in [0.717, 1.165) is 11.3 Å². The predicted octanol–water partition coefficient (Wildman–Crippen LogP) is 3.53. The van der Waals surface area contributed by atoms with Gasteiger partial charge in [0, 0.05) is 6.07 Å². The Morgan fingerprint density at radius 3 is 2.23 bits per heavy atom.